The largest absolute Gasteiger partial charge is 0.356 e. The number of nitrogens with one attached hydrogen (secondary N) is 2. The standard InChI is InChI=1S/C18H32N4.HI/c1-5-6-12-19-18(20-13-7-14-22(3)4)21-15-17-10-8-16(2)9-11-17;/h8-11H,5-7,12-15H2,1-4H3,(H2,19,20,21);1H. The molecule has 2 N–H and O–H groups in total. The number of unbranched alkanes of at least 4 members (excludes halogenated alkanes) is 1. The Morgan fingerprint density at radius 3 is 2.22 bits per heavy atom. The fraction of sp³-hybridized carbons (Fsp3) is 0.611. The lowest BCUT2D eigenvalue weighted by Crippen LogP contribution is -2.39. The van der Waals surface area contributed by atoms with Crippen molar-refractivity contribution in [1.29, 1.82) is 0 Å². The highest BCUT2D eigenvalue weighted by Gasteiger charge is 1.99. The molecule has 1 aromatic carbocycles. The number of guanidine groups is 1. The SMILES string of the molecule is CCCCNC(=NCc1ccc(C)cc1)NCCCN(C)C.I. The molecule has 1 aromatic rings. The lowest BCUT2D eigenvalue weighted by Gasteiger charge is -2.14. The third kappa shape index (κ3) is 11.4. The molecule has 0 fully saturated rings. The van der Waals surface area contributed by atoms with E-state index in [9.17, 15) is 0 Å². The van der Waals surface area contributed by atoms with Crippen LogP contribution in [0.4, 0.5) is 0 Å². The quantitative estimate of drug-likeness (QED) is 0.272. The zero-order valence-corrected chi connectivity index (χ0v) is 17.4. The molecule has 0 saturated carbocycles. The van der Waals surface area contributed by atoms with Crippen LogP contribution in [0.15, 0.2) is 29.3 Å². The minimum absolute atomic E-state index is 0. The molecular weight excluding hydrogens is 399 g/mol. The molecule has 0 aliphatic carbocycles. The van der Waals surface area contributed by atoms with Crippen LogP contribution in [0.5, 0.6) is 0 Å². The zero-order chi connectivity index (χ0) is 16.2. The van der Waals surface area contributed by atoms with Crippen LogP contribution < -0.4 is 10.6 Å². The van der Waals surface area contributed by atoms with Crippen LogP contribution in [0.2, 0.25) is 0 Å². The van der Waals surface area contributed by atoms with Crippen molar-refractivity contribution in [3.63, 3.8) is 0 Å². The van der Waals surface area contributed by atoms with Crippen molar-refractivity contribution in [1.82, 2.24) is 15.5 Å². The van der Waals surface area contributed by atoms with E-state index in [0.717, 1.165) is 38.6 Å². The molecule has 5 heteroatoms. The Morgan fingerprint density at radius 1 is 1.04 bits per heavy atom. The van der Waals surface area contributed by atoms with E-state index in [-0.39, 0.29) is 24.0 Å². The molecule has 23 heavy (non-hydrogen) atoms. The average Bonchev–Trinajstić information content (AvgIpc) is 2.50. The smallest absolute Gasteiger partial charge is 0.191 e. The number of halogens is 1. The third-order valence-electron chi connectivity index (χ3n) is 3.44. The first kappa shape index (κ1) is 22.2. The summed E-state index contributed by atoms with van der Waals surface area (Å²) >= 11 is 0. The second-order valence-corrected chi connectivity index (χ2v) is 6.01. The summed E-state index contributed by atoms with van der Waals surface area (Å²) < 4.78 is 0. The van der Waals surface area contributed by atoms with Crippen molar-refractivity contribution in [3.8, 4) is 0 Å². The Hall–Kier alpha value is -0.820. The monoisotopic (exact) mass is 432 g/mol. The summed E-state index contributed by atoms with van der Waals surface area (Å²) in [5.41, 5.74) is 2.53. The van der Waals surface area contributed by atoms with Gasteiger partial charge in [-0.2, -0.15) is 0 Å². The number of benzene rings is 1. The molecule has 132 valence electrons. The first-order valence-corrected chi connectivity index (χ1v) is 8.34. The maximum Gasteiger partial charge on any atom is 0.191 e. The van der Waals surface area contributed by atoms with Gasteiger partial charge in [-0.25, -0.2) is 4.99 Å². The molecule has 0 amide bonds. The van der Waals surface area contributed by atoms with Crippen molar-refractivity contribution in [2.45, 2.75) is 39.7 Å². The van der Waals surface area contributed by atoms with Crippen molar-refractivity contribution < 1.29 is 0 Å². The van der Waals surface area contributed by atoms with Crippen LogP contribution in [0.1, 0.15) is 37.3 Å². The summed E-state index contributed by atoms with van der Waals surface area (Å²) in [6, 6.07) is 8.57. The molecule has 0 atom stereocenters. The summed E-state index contributed by atoms with van der Waals surface area (Å²) in [7, 11) is 4.21. The van der Waals surface area contributed by atoms with Gasteiger partial charge < -0.3 is 15.5 Å². The highest BCUT2D eigenvalue weighted by Crippen LogP contribution is 2.04. The van der Waals surface area contributed by atoms with Gasteiger partial charge in [0, 0.05) is 13.1 Å². The van der Waals surface area contributed by atoms with Crippen LogP contribution in [0.25, 0.3) is 0 Å². The van der Waals surface area contributed by atoms with Crippen LogP contribution in [0, 0.1) is 6.92 Å². The second-order valence-electron chi connectivity index (χ2n) is 6.01. The lowest BCUT2D eigenvalue weighted by molar-refractivity contribution is 0.399. The molecule has 0 bridgehead atoms. The molecule has 0 spiro atoms. The summed E-state index contributed by atoms with van der Waals surface area (Å²) in [5.74, 6) is 0.924. The van der Waals surface area contributed by atoms with E-state index >= 15 is 0 Å². The van der Waals surface area contributed by atoms with Crippen LogP contribution in [-0.4, -0.2) is 44.6 Å². The van der Waals surface area contributed by atoms with E-state index in [0.29, 0.717) is 0 Å². The summed E-state index contributed by atoms with van der Waals surface area (Å²) in [5, 5.41) is 6.84. The van der Waals surface area contributed by atoms with E-state index in [1.54, 1.807) is 0 Å². The van der Waals surface area contributed by atoms with Crippen molar-refractivity contribution in [2.75, 3.05) is 33.7 Å². The van der Waals surface area contributed by atoms with Gasteiger partial charge in [0.1, 0.15) is 0 Å². The summed E-state index contributed by atoms with van der Waals surface area (Å²) in [4.78, 5) is 6.90. The predicted octanol–water partition coefficient (Wildman–Crippen LogP) is 3.40. The summed E-state index contributed by atoms with van der Waals surface area (Å²) in [6.07, 6.45) is 3.48. The van der Waals surface area contributed by atoms with Gasteiger partial charge in [0.2, 0.25) is 0 Å². The number of hydrogen-bond donors (Lipinski definition) is 2. The average molecular weight is 432 g/mol. The maximum atomic E-state index is 4.69. The second kappa shape index (κ2) is 13.6. The van der Waals surface area contributed by atoms with Crippen LogP contribution in [-0.2, 0) is 6.54 Å². The van der Waals surface area contributed by atoms with Crippen molar-refractivity contribution >= 4 is 29.9 Å². The van der Waals surface area contributed by atoms with E-state index in [1.165, 1.54) is 24.0 Å². The fourth-order valence-electron chi connectivity index (χ4n) is 2.02. The number of aryl methyl sites for hydroxylation is 1. The Balaban J connectivity index is 0.00000484. The molecule has 0 radical (unpaired) electrons. The van der Waals surface area contributed by atoms with E-state index < -0.39 is 0 Å². The summed E-state index contributed by atoms with van der Waals surface area (Å²) in [6.45, 7) is 8.04. The van der Waals surface area contributed by atoms with Crippen LogP contribution >= 0.6 is 24.0 Å². The number of hydrogen-bond acceptors (Lipinski definition) is 2. The van der Waals surface area contributed by atoms with Gasteiger partial charge in [0.05, 0.1) is 6.54 Å². The van der Waals surface area contributed by atoms with Gasteiger partial charge in [-0.15, -0.1) is 24.0 Å². The molecule has 0 aromatic heterocycles. The Bertz CT molecular complexity index is 429. The van der Waals surface area contributed by atoms with Crippen LogP contribution in [0.3, 0.4) is 0 Å². The topological polar surface area (TPSA) is 39.7 Å². The Labute approximate surface area is 159 Å². The van der Waals surface area contributed by atoms with Gasteiger partial charge in [-0.1, -0.05) is 43.2 Å². The highest BCUT2D eigenvalue weighted by molar-refractivity contribution is 14.0. The van der Waals surface area contributed by atoms with E-state index in [4.69, 9.17) is 4.99 Å². The van der Waals surface area contributed by atoms with Gasteiger partial charge in [0.25, 0.3) is 0 Å². The first-order valence-electron chi connectivity index (χ1n) is 8.34. The Morgan fingerprint density at radius 2 is 1.65 bits per heavy atom. The zero-order valence-electron chi connectivity index (χ0n) is 15.1. The van der Waals surface area contributed by atoms with Crippen molar-refractivity contribution in [2.24, 2.45) is 4.99 Å². The minimum atomic E-state index is 0. The molecule has 0 heterocycles. The third-order valence-corrected chi connectivity index (χ3v) is 3.44. The minimum Gasteiger partial charge on any atom is -0.356 e. The Kier molecular flexibility index (Phi) is 13.1. The van der Waals surface area contributed by atoms with Gasteiger partial charge in [-0.3, -0.25) is 0 Å². The fourth-order valence-corrected chi connectivity index (χ4v) is 2.02. The number of rotatable bonds is 9. The van der Waals surface area contributed by atoms with Gasteiger partial charge >= 0.3 is 0 Å². The van der Waals surface area contributed by atoms with Crippen molar-refractivity contribution in [3.05, 3.63) is 35.4 Å². The number of nitrogens with zero attached hydrogens (tertiary/aromatic N) is 2. The molecule has 0 aliphatic rings. The lowest BCUT2D eigenvalue weighted by atomic mass is 10.1. The van der Waals surface area contributed by atoms with Gasteiger partial charge in [-0.05, 0) is 46.0 Å². The number of aliphatic imine (C=N–C) groups is 1. The molecular formula is C18H33IN4. The van der Waals surface area contributed by atoms with E-state index in [2.05, 4.69) is 67.7 Å². The molecule has 0 saturated heterocycles. The molecule has 1 rings (SSSR count). The molecule has 0 aliphatic heterocycles. The normalized spacial score (nSPS) is 11.3. The van der Waals surface area contributed by atoms with E-state index in [1.807, 2.05) is 0 Å². The highest BCUT2D eigenvalue weighted by atomic mass is 127. The van der Waals surface area contributed by atoms with Gasteiger partial charge in [0.15, 0.2) is 5.96 Å². The predicted molar refractivity (Wildman–Crippen MR) is 112 cm³/mol. The first-order chi connectivity index (χ1) is 10.6. The molecule has 0 unspecified atom stereocenters. The maximum absolute atomic E-state index is 4.69. The molecule has 4 nitrogen and oxygen atoms in total.